The summed E-state index contributed by atoms with van der Waals surface area (Å²) >= 11 is 0. The molecule has 1 aromatic heterocycles. The van der Waals surface area contributed by atoms with Crippen molar-refractivity contribution >= 4 is 0 Å². The molecule has 0 radical (unpaired) electrons. The predicted molar refractivity (Wildman–Crippen MR) is 124 cm³/mol. The molecule has 0 amide bonds. The van der Waals surface area contributed by atoms with Crippen molar-refractivity contribution in [3.8, 4) is 33.5 Å². The van der Waals surface area contributed by atoms with Crippen molar-refractivity contribution in [3.05, 3.63) is 101 Å². The highest BCUT2D eigenvalue weighted by molar-refractivity contribution is 5.80. The van der Waals surface area contributed by atoms with Crippen LogP contribution in [0.1, 0.15) is 48.4 Å². The standard InChI is InChI=1S/C28H27N/c1-18-11-12-24(19(2)13-18)25-14-21(4)26(15-20(25)3)27-16-28(29-17-22(27)5)23-9-7-6-8-10-23/h6-17H,1-5H3/i1D3,2D3,3D3,4D3,5D3. The number of aryl methyl sites for hydroxylation is 5. The smallest absolute Gasteiger partial charge is 0.0708 e. The van der Waals surface area contributed by atoms with Crippen LogP contribution < -0.4 is 0 Å². The molecule has 0 saturated heterocycles. The fourth-order valence-electron chi connectivity index (χ4n) is 3.27. The van der Waals surface area contributed by atoms with Crippen molar-refractivity contribution in [2.45, 2.75) is 34.3 Å². The summed E-state index contributed by atoms with van der Waals surface area (Å²) < 4.78 is 122. The normalized spacial score (nSPS) is 20.8. The second-order valence-electron chi connectivity index (χ2n) is 6.68. The minimum Gasteiger partial charge on any atom is -0.256 e. The fraction of sp³-hybridized carbons (Fsp3) is 0.179. The molecule has 0 saturated carbocycles. The minimum atomic E-state index is -2.93. The van der Waals surface area contributed by atoms with E-state index in [4.69, 9.17) is 20.6 Å². The Bertz CT molecular complexity index is 1670. The van der Waals surface area contributed by atoms with Crippen molar-refractivity contribution < 1.29 is 20.6 Å². The first-order valence-electron chi connectivity index (χ1n) is 16.4. The lowest BCUT2D eigenvalue weighted by Gasteiger charge is -2.17. The molecule has 1 heterocycles. The Kier molecular flexibility index (Phi) is 2.19. The number of benzene rings is 3. The van der Waals surface area contributed by atoms with E-state index < -0.39 is 50.9 Å². The Balaban J connectivity index is 2.16. The summed E-state index contributed by atoms with van der Waals surface area (Å²) in [5, 5.41) is 0. The molecule has 29 heavy (non-hydrogen) atoms. The summed E-state index contributed by atoms with van der Waals surface area (Å²) in [6, 6.07) is 15.4. The van der Waals surface area contributed by atoms with Crippen LogP contribution in [-0.2, 0) is 0 Å². The molecule has 144 valence electrons. The maximum Gasteiger partial charge on any atom is 0.0708 e. The molecule has 1 heteroatoms. The van der Waals surface area contributed by atoms with Crippen LogP contribution >= 0.6 is 0 Å². The summed E-state index contributed by atoms with van der Waals surface area (Å²) in [5.74, 6) is 0. The van der Waals surface area contributed by atoms with Gasteiger partial charge in [-0.3, -0.25) is 4.98 Å². The van der Waals surface area contributed by atoms with E-state index >= 15 is 0 Å². The maximum atomic E-state index is 8.34. The highest BCUT2D eigenvalue weighted by atomic mass is 14.7. The average Bonchev–Trinajstić information content (AvgIpc) is 2.89. The van der Waals surface area contributed by atoms with Crippen LogP contribution in [0.5, 0.6) is 0 Å². The molecule has 4 aromatic rings. The highest BCUT2D eigenvalue weighted by Crippen LogP contribution is 2.35. The van der Waals surface area contributed by atoms with E-state index in [9.17, 15) is 0 Å². The lowest BCUT2D eigenvalue weighted by molar-refractivity contribution is 1.26. The topological polar surface area (TPSA) is 12.9 Å². The van der Waals surface area contributed by atoms with Gasteiger partial charge in [-0.2, -0.15) is 0 Å². The summed E-state index contributed by atoms with van der Waals surface area (Å²) in [7, 11) is 0. The minimum absolute atomic E-state index is 0.0733. The van der Waals surface area contributed by atoms with Gasteiger partial charge in [0.2, 0.25) is 0 Å². The van der Waals surface area contributed by atoms with Crippen molar-refractivity contribution in [2.24, 2.45) is 0 Å². The van der Waals surface area contributed by atoms with Crippen LogP contribution in [0.15, 0.2) is 72.9 Å². The lowest BCUT2D eigenvalue weighted by atomic mass is 9.88. The molecule has 0 aliphatic rings. The molecule has 0 aliphatic carbocycles. The molecule has 0 atom stereocenters. The van der Waals surface area contributed by atoms with Gasteiger partial charge in [0.1, 0.15) is 0 Å². The highest BCUT2D eigenvalue weighted by Gasteiger charge is 2.13. The molecular weight excluding hydrogens is 350 g/mol. The second-order valence-corrected chi connectivity index (χ2v) is 6.68. The summed E-state index contributed by atoms with van der Waals surface area (Å²) in [6.07, 6.45) is 1.11. The van der Waals surface area contributed by atoms with Crippen LogP contribution in [0.2, 0.25) is 0 Å². The van der Waals surface area contributed by atoms with Gasteiger partial charge in [-0.25, -0.2) is 0 Å². The summed E-state index contributed by atoms with van der Waals surface area (Å²) in [6.45, 7) is -14.2. The van der Waals surface area contributed by atoms with Gasteiger partial charge in [-0.1, -0.05) is 66.2 Å². The van der Waals surface area contributed by atoms with E-state index in [1.54, 1.807) is 30.3 Å². The molecule has 0 bridgehead atoms. The second kappa shape index (κ2) is 7.67. The first-order chi connectivity index (χ1) is 20.0. The van der Waals surface area contributed by atoms with Crippen LogP contribution in [0.4, 0.5) is 0 Å². The van der Waals surface area contributed by atoms with Gasteiger partial charge in [0.15, 0.2) is 0 Å². The van der Waals surface area contributed by atoms with Crippen LogP contribution in [0.25, 0.3) is 33.5 Å². The molecule has 3 aromatic carbocycles. The van der Waals surface area contributed by atoms with Crippen LogP contribution in [0.3, 0.4) is 0 Å². The number of pyridine rings is 1. The number of hydrogen-bond donors (Lipinski definition) is 0. The van der Waals surface area contributed by atoms with Crippen LogP contribution in [-0.4, -0.2) is 4.98 Å². The Labute approximate surface area is 195 Å². The number of hydrogen-bond acceptors (Lipinski definition) is 1. The molecule has 0 aliphatic heterocycles. The van der Waals surface area contributed by atoms with E-state index in [0.717, 1.165) is 36.5 Å². The van der Waals surface area contributed by atoms with Gasteiger partial charge in [-0.05, 0) is 84.8 Å². The summed E-state index contributed by atoms with van der Waals surface area (Å²) in [4.78, 5) is 4.28. The Morgan fingerprint density at radius 2 is 1.24 bits per heavy atom. The fourth-order valence-corrected chi connectivity index (χ4v) is 3.27. The quantitative estimate of drug-likeness (QED) is 0.349. The number of nitrogens with zero attached hydrogens (tertiary/aromatic N) is 1. The first kappa shape index (κ1) is 8.28. The van der Waals surface area contributed by atoms with Crippen molar-refractivity contribution in [2.75, 3.05) is 0 Å². The third kappa shape index (κ3) is 3.73. The maximum absolute atomic E-state index is 8.34. The third-order valence-electron chi connectivity index (χ3n) is 4.73. The van der Waals surface area contributed by atoms with E-state index in [2.05, 4.69) is 4.98 Å². The molecule has 0 fully saturated rings. The van der Waals surface area contributed by atoms with Gasteiger partial charge >= 0.3 is 0 Å². The number of aromatic nitrogens is 1. The first-order valence-corrected chi connectivity index (χ1v) is 8.90. The zero-order chi connectivity index (χ0) is 33.0. The number of rotatable bonds is 3. The van der Waals surface area contributed by atoms with Gasteiger partial charge < -0.3 is 0 Å². The van der Waals surface area contributed by atoms with Gasteiger partial charge in [0.05, 0.1) is 5.69 Å². The van der Waals surface area contributed by atoms with Crippen LogP contribution in [0, 0.1) is 34.3 Å². The van der Waals surface area contributed by atoms with Crippen molar-refractivity contribution in [3.63, 3.8) is 0 Å². The molecule has 1 nitrogen and oxygen atoms in total. The van der Waals surface area contributed by atoms with E-state index in [0.29, 0.717) is 11.3 Å². The Hall–Kier alpha value is -3.19. The van der Waals surface area contributed by atoms with E-state index in [-0.39, 0.29) is 33.4 Å². The molecule has 4 rings (SSSR count). The zero-order valence-corrected chi connectivity index (χ0v) is 15.4. The summed E-state index contributed by atoms with van der Waals surface area (Å²) in [5.41, 5.74) is -1.72. The monoisotopic (exact) mass is 392 g/mol. The van der Waals surface area contributed by atoms with Crippen molar-refractivity contribution in [1.29, 1.82) is 0 Å². The van der Waals surface area contributed by atoms with Crippen molar-refractivity contribution in [1.82, 2.24) is 4.98 Å². The van der Waals surface area contributed by atoms with Gasteiger partial charge in [0, 0.05) is 32.3 Å². The largest absolute Gasteiger partial charge is 0.256 e. The average molecular weight is 393 g/mol. The molecule has 0 N–H and O–H groups in total. The van der Waals surface area contributed by atoms with E-state index in [1.165, 1.54) is 6.07 Å². The van der Waals surface area contributed by atoms with Gasteiger partial charge in [-0.15, -0.1) is 0 Å². The lowest BCUT2D eigenvalue weighted by Crippen LogP contribution is -1.95. The van der Waals surface area contributed by atoms with E-state index in [1.807, 2.05) is 0 Å². The Morgan fingerprint density at radius 1 is 0.586 bits per heavy atom. The third-order valence-corrected chi connectivity index (χ3v) is 4.73. The SMILES string of the molecule is [2H]C([2H])([2H])c1ccc(-c2cc(C([2H])([2H])[2H])c(-c3cc(-c4ccccc4)ncc3C([2H])([2H])[2H])cc2C([2H])([2H])[2H])c(C([2H])([2H])[2H])c1. The molecule has 0 unspecified atom stereocenters. The Morgan fingerprint density at radius 3 is 1.93 bits per heavy atom. The zero-order valence-electron chi connectivity index (χ0n) is 30.4. The molecular formula is C28H27N. The molecule has 0 spiro atoms. The predicted octanol–water partition coefficient (Wildman–Crippen LogP) is 7.62. The van der Waals surface area contributed by atoms with Gasteiger partial charge in [0.25, 0.3) is 0 Å².